The van der Waals surface area contributed by atoms with Crippen LogP contribution in [0.2, 0.25) is 0 Å². The minimum Gasteiger partial charge on any atom is -0.454 e. The van der Waals surface area contributed by atoms with Gasteiger partial charge in [-0.25, -0.2) is 4.79 Å². The summed E-state index contributed by atoms with van der Waals surface area (Å²) in [6.07, 6.45) is 1.94. The third-order valence-electron chi connectivity index (χ3n) is 7.37. The molecular formula is C32H34N4O4. The summed E-state index contributed by atoms with van der Waals surface area (Å²) in [4.78, 5) is 20.4. The van der Waals surface area contributed by atoms with E-state index < -0.39 is 0 Å². The van der Waals surface area contributed by atoms with Gasteiger partial charge in [-0.1, -0.05) is 57.2 Å². The van der Waals surface area contributed by atoms with Crippen molar-refractivity contribution >= 4 is 28.2 Å². The number of nitrogens with zero attached hydrogens (tertiary/aromatic N) is 2. The van der Waals surface area contributed by atoms with E-state index in [4.69, 9.17) is 19.2 Å². The number of fused-ring (bicyclic) bond motifs is 2. The summed E-state index contributed by atoms with van der Waals surface area (Å²) in [7, 11) is 0. The van der Waals surface area contributed by atoms with Crippen molar-refractivity contribution in [3.05, 3.63) is 78.1 Å². The lowest BCUT2D eigenvalue weighted by atomic mass is 9.85. The Labute approximate surface area is 234 Å². The summed E-state index contributed by atoms with van der Waals surface area (Å²) in [6, 6.07) is 19.8. The number of morpholine rings is 1. The van der Waals surface area contributed by atoms with Gasteiger partial charge in [0.1, 0.15) is 0 Å². The Balaban J connectivity index is 1.23. The van der Waals surface area contributed by atoms with E-state index in [0.717, 1.165) is 71.7 Å². The second kappa shape index (κ2) is 10.8. The summed E-state index contributed by atoms with van der Waals surface area (Å²) in [6.45, 7) is 10.7. The van der Waals surface area contributed by atoms with Crippen LogP contribution in [0, 0.1) is 0 Å². The molecule has 0 bridgehead atoms. The normalized spacial score (nSPS) is 15.3. The monoisotopic (exact) mass is 538 g/mol. The first-order valence-electron chi connectivity index (χ1n) is 13.6. The maximum Gasteiger partial charge on any atom is 0.323 e. The molecule has 2 aliphatic heterocycles. The average Bonchev–Trinajstić information content (AvgIpc) is 3.41. The molecule has 0 spiro atoms. The van der Waals surface area contributed by atoms with Crippen molar-refractivity contribution in [3.8, 4) is 22.6 Å². The molecule has 4 aromatic rings. The number of amides is 2. The molecule has 0 radical (unpaired) electrons. The van der Waals surface area contributed by atoms with Gasteiger partial charge in [0.15, 0.2) is 11.5 Å². The number of carbonyl (C=O) groups excluding carboxylic acids is 1. The number of ether oxygens (including phenoxy) is 3. The number of hydrogen-bond donors (Lipinski definition) is 2. The highest BCUT2D eigenvalue weighted by Gasteiger charge is 2.25. The molecule has 8 nitrogen and oxygen atoms in total. The lowest BCUT2D eigenvalue weighted by Crippen LogP contribution is -2.35. The molecule has 206 valence electrons. The Bertz CT molecular complexity index is 1540. The van der Waals surface area contributed by atoms with Crippen LogP contribution in [0.3, 0.4) is 0 Å². The smallest absolute Gasteiger partial charge is 0.323 e. The SMILES string of the molecule is CC(C)(C)c1cc2c(cc1NC(=O)Nc1ccc(-c3ccc(CN4CCOCC4)nc3)c3ccccc13)OCO2. The van der Waals surface area contributed by atoms with Gasteiger partial charge in [-0.15, -0.1) is 0 Å². The molecule has 0 aliphatic carbocycles. The van der Waals surface area contributed by atoms with E-state index in [9.17, 15) is 4.79 Å². The summed E-state index contributed by atoms with van der Waals surface area (Å²) in [5, 5.41) is 8.09. The van der Waals surface area contributed by atoms with Gasteiger partial charge in [0, 0.05) is 42.8 Å². The number of urea groups is 1. The predicted octanol–water partition coefficient (Wildman–Crippen LogP) is 6.40. The second-order valence-corrected chi connectivity index (χ2v) is 11.2. The Hall–Kier alpha value is -4.14. The van der Waals surface area contributed by atoms with Gasteiger partial charge in [0.25, 0.3) is 0 Å². The van der Waals surface area contributed by atoms with E-state index >= 15 is 0 Å². The summed E-state index contributed by atoms with van der Waals surface area (Å²) >= 11 is 0. The van der Waals surface area contributed by atoms with Gasteiger partial charge in [-0.3, -0.25) is 9.88 Å². The average molecular weight is 539 g/mol. The molecule has 1 saturated heterocycles. The quantitative estimate of drug-likeness (QED) is 0.306. The molecule has 2 amide bonds. The van der Waals surface area contributed by atoms with Crippen LogP contribution >= 0.6 is 0 Å². The van der Waals surface area contributed by atoms with E-state index in [1.54, 1.807) is 0 Å². The molecule has 2 N–H and O–H groups in total. The van der Waals surface area contributed by atoms with Crippen molar-refractivity contribution in [2.24, 2.45) is 0 Å². The molecule has 0 saturated carbocycles. The van der Waals surface area contributed by atoms with Crippen molar-refractivity contribution in [2.75, 3.05) is 43.7 Å². The number of anilines is 2. The third-order valence-corrected chi connectivity index (χ3v) is 7.37. The number of carbonyl (C=O) groups is 1. The zero-order valence-corrected chi connectivity index (χ0v) is 23.1. The fourth-order valence-corrected chi connectivity index (χ4v) is 5.27. The van der Waals surface area contributed by atoms with Gasteiger partial charge in [0.05, 0.1) is 30.3 Å². The Morgan fingerprint density at radius 3 is 2.35 bits per heavy atom. The van der Waals surface area contributed by atoms with E-state index in [2.05, 4.69) is 54.5 Å². The highest BCUT2D eigenvalue weighted by molar-refractivity contribution is 6.10. The number of aromatic nitrogens is 1. The molecule has 3 aromatic carbocycles. The molecule has 6 rings (SSSR count). The van der Waals surface area contributed by atoms with Crippen LogP contribution in [0.4, 0.5) is 16.2 Å². The van der Waals surface area contributed by atoms with Crippen LogP contribution in [-0.4, -0.2) is 49.0 Å². The molecule has 2 aliphatic rings. The van der Waals surface area contributed by atoms with Crippen LogP contribution in [0.15, 0.2) is 66.9 Å². The first kappa shape index (κ1) is 26.1. The zero-order valence-electron chi connectivity index (χ0n) is 23.1. The molecule has 8 heteroatoms. The van der Waals surface area contributed by atoms with E-state index in [-0.39, 0.29) is 18.2 Å². The molecule has 1 aromatic heterocycles. The highest BCUT2D eigenvalue weighted by atomic mass is 16.7. The Morgan fingerprint density at radius 1 is 0.900 bits per heavy atom. The maximum absolute atomic E-state index is 13.2. The molecular weight excluding hydrogens is 504 g/mol. The van der Waals surface area contributed by atoms with Crippen molar-refractivity contribution in [1.82, 2.24) is 9.88 Å². The molecule has 3 heterocycles. The van der Waals surface area contributed by atoms with E-state index in [1.165, 1.54) is 0 Å². The van der Waals surface area contributed by atoms with E-state index in [1.807, 2.05) is 48.7 Å². The topological polar surface area (TPSA) is 85.0 Å². The van der Waals surface area contributed by atoms with Crippen LogP contribution in [0.5, 0.6) is 11.5 Å². The number of nitrogens with one attached hydrogen (secondary N) is 2. The van der Waals surface area contributed by atoms with Crippen molar-refractivity contribution in [1.29, 1.82) is 0 Å². The predicted molar refractivity (Wildman–Crippen MR) is 157 cm³/mol. The number of pyridine rings is 1. The number of benzene rings is 3. The van der Waals surface area contributed by atoms with Crippen LogP contribution in [0.25, 0.3) is 21.9 Å². The van der Waals surface area contributed by atoms with Gasteiger partial charge >= 0.3 is 6.03 Å². The second-order valence-electron chi connectivity index (χ2n) is 11.2. The van der Waals surface area contributed by atoms with Crippen molar-refractivity contribution < 1.29 is 19.0 Å². The van der Waals surface area contributed by atoms with Crippen molar-refractivity contribution in [2.45, 2.75) is 32.7 Å². The summed E-state index contributed by atoms with van der Waals surface area (Å²) < 4.78 is 16.6. The maximum atomic E-state index is 13.2. The van der Waals surface area contributed by atoms with Gasteiger partial charge < -0.3 is 24.8 Å². The van der Waals surface area contributed by atoms with E-state index in [0.29, 0.717) is 17.2 Å². The van der Waals surface area contributed by atoms with Crippen LogP contribution in [-0.2, 0) is 16.7 Å². The highest BCUT2D eigenvalue weighted by Crippen LogP contribution is 2.41. The summed E-state index contributed by atoms with van der Waals surface area (Å²) in [5.74, 6) is 1.32. The molecule has 1 fully saturated rings. The minimum atomic E-state index is -0.323. The minimum absolute atomic E-state index is 0.180. The van der Waals surface area contributed by atoms with Gasteiger partial charge in [-0.2, -0.15) is 0 Å². The summed E-state index contributed by atoms with van der Waals surface area (Å²) in [5.41, 5.74) is 5.33. The van der Waals surface area contributed by atoms with Crippen molar-refractivity contribution in [3.63, 3.8) is 0 Å². The van der Waals surface area contributed by atoms with Crippen LogP contribution < -0.4 is 20.1 Å². The number of hydrogen-bond acceptors (Lipinski definition) is 6. The fraction of sp³-hybridized carbons (Fsp3) is 0.312. The zero-order chi connectivity index (χ0) is 27.7. The first-order valence-corrected chi connectivity index (χ1v) is 13.6. The van der Waals surface area contributed by atoms with Crippen LogP contribution in [0.1, 0.15) is 32.0 Å². The van der Waals surface area contributed by atoms with Gasteiger partial charge in [-0.05, 0) is 40.1 Å². The first-order chi connectivity index (χ1) is 19.3. The molecule has 0 atom stereocenters. The largest absolute Gasteiger partial charge is 0.454 e. The standard InChI is InChI=1S/C32H34N4O4/c1-32(2,3)26-16-29-30(40-20-39-29)17-28(26)35-31(37)34-27-11-10-23(24-6-4-5-7-25(24)27)21-8-9-22(33-18-21)19-36-12-14-38-15-13-36/h4-11,16-18H,12-15,19-20H2,1-3H3,(H2,34,35,37). The molecule has 40 heavy (non-hydrogen) atoms. The molecule has 0 unspecified atom stereocenters. The fourth-order valence-electron chi connectivity index (χ4n) is 5.27. The number of rotatable bonds is 5. The Morgan fingerprint density at radius 2 is 1.62 bits per heavy atom. The lowest BCUT2D eigenvalue weighted by molar-refractivity contribution is 0.0336. The third kappa shape index (κ3) is 5.46. The Kier molecular flexibility index (Phi) is 7.04. The lowest BCUT2D eigenvalue weighted by Gasteiger charge is -2.26. The van der Waals surface area contributed by atoms with Gasteiger partial charge in [0.2, 0.25) is 6.79 Å².